The van der Waals surface area contributed by atoms with E-state index >= 15 is 0 Å². The summed E-state index contributed by atoms with van der Waals surface area (Å²) >= 11 is 0. The van der Waals surface area contributed by atoms with Crippen LogP contribution < -0.4 is 10.5 Å². The summed E-state index contributed by atoms with van der Waals surface area (Å²) in [6, 6.07) is 4.78. The molecule has 18 heavy (non-hydrogen) atoms. The van der Waals surface area contributed by atoms with E-state index in [0.717, 1.165) is 49.8 Å². The van der Waals surface area contributed by atoms with Gasteiger partial charge in [-0.2, -0.15) is 0 Å². The van der Waals surface area contributed by atoms with Crippen molar-refractivity contribution in [3.05, 3.63) is 29.6 Å². The maximum atomic E-state index is 13.5. The molecule has 0 bridgehead atoms. The Morgan fingerprint density at radius 2 is 1.89 bits per heavy atom. The molecule has 3 heteroatoms. The molecule has 0 amide bonds. The minimum atomic E-state index is -0.398. The Hall–Kier alpha value is -1.09. The molecule has 0 atom stereocenters. The second kappa shape index (κ2) is 4.54. The van der Waals surface area contributed by atoms with Gasteiger partial charge in [0.1, 0.15) is 11.6 Å². The molecule has 1 aromatic carbocycles. The molecular weight excluding hydrogens is 229 g/mol. The van der Waals surface area contributed by atoms with E-state index in [1.807, 2.05) is 0 Å². The van der Waals surface area contributed by atoms with Crippen LogP contribution in [0, 0.1) is 5.82 Å². The topological polar surface area (TPSA) is 35.2 Å². The van der Waals surface area contributed by atoms with Gasteiger partial charge in [0, 0.05) is 11.1 Å². The second-order valence-corrected chi connectivity index (χ2v) is 5.67. The van der Waals surface area contributed by atoms with Crippen LogP contribution in [0.1, 0.15) is 50.5 Å². The lowest BCUT2D eigenvalue weighted by atomic mass is 9.77. The van der Waals surface area contributed by atoms with E-state index in [-0.39, 0.29) is 5.82 Å². The van der Waals surface area contributed by atoms with Gasteiger partial charge in [-0.1, -0.05) is 19.3 Å². The lowest BCUT2D eigenvalue weighted by Gasteiger charge is -2.35. The molecule has 2 saturated carbocycles. The van der Waals surface area contributed by atoms with Crippen molar-refractivity contribution in [1.29, 1.82) is 0 Å². The first-order valence-electron chi connectivity index (χ1n) is 6.93. The number of benzene rings is 1. The summed E-state index contributed by atoms with van der Waals surface area (Å²) in [6.07, 6.45) is 7.86. The summed E-state index contributed by atoms with van der Waals surface area (Å²) in [6.45, 7) is 0. The average molecular weight is 249 g/mol. The van der Waals surface area contributed by atoms with E-state index in [2.05, 4.69) is 0 Å². The van der Waals surface area contributed by atoms with Gasteiger partial charge in [0.15, 0.2) is 0 Å². The fourth-order valence-electron chi connectivity index (χ4n) is 2.81. The fraction of sp³-hybridized carbons (Fsp3) is 0.600. The van der Waals surface area contributed by atoms with Gasteiger partial charge in [0.2, 0.25) is 0 Å². The number of hydrogen-bond acceptors (Lipinski definition) is 2. The smallest absolute Gasteiger partial charge is 0.124 e. The summed E-state index contributed by atoms with van der Waals surface area (Å²) in [5.74, 6) is 0.576. The highest BCUT2D eigenvalue weighted by Gasteiger charge is 2.34. The third-order valence-electron chi connectivity index (χ3n) is 4.04. The Labute approximate surface area is 107 Å². The van der Waals surface area contributed by atoms with E-state index in [9.17, 15) is 4.39 Å². The predicted molar refractivity (Wildman–Crippen MR) is 69.0 cm³/mol. The molecule has 2 N–H and O–H groups in total. The summed E-state index contributed by atoms with van der Waals surface area (Å²) in [5.41, 5.74) is 6.97. The van der Waals surface area contributed by atoms with Crippen molar-refractivity contribution in [1.82, 2.24) is 0 Å². The van der Waals surface area contributed by atoms with E-state index < -0.39 is 5.54 Å². The average Bonchev–Trinajstić information content (AvgIpc) is 3.16. The maximum absolute atomic E-state index is 13.5. The van der Waals surface area contributed by atoms with Gasteiger partial charge in [-0.25, -0.2) is 4.39 Å². The molecule has 98 valence electrons. The number of nitrogens with two attached hydrogens (primary N) is 1. The van der Waals surface area contributed by atoms with Gasteiger partial charge in [0.05, 0.1) is 6.10 Å². The van der Waals surface area contributed by atoms with Crippen LogP contribution in [0.2, 0.25) is 0 Å². The van der Waals surface area contributed by atoms with Gasteiger partial charge < -0.3 is 10.5 Å². The fourth-order valence-corrected chi connectivity index (χ4v) is 2.81. The minimum Gasteiger partial charge on any atom is -0.490 e. The minimum absolute atomic E-state index is 0.219. The molecule has 0 aliphatic heterocycles. The molecule has 0 heterocycles. The van der Waals surface area contributed by atoms with E-state index in [0.29, 0.717) is 6.10 Å². The molecule has 2 aliphatic carbocycles. The molecule has 2 fully saturated rings. The first-order chi connectivity index (χ1) is 8.67. The zero-order valence-corrected chi connectivity index (χ0v) is 10.6. The van der Waals surface area contributed by atoms with Crippen LogP contribution in [0.5, 0.6) is 5.75 Å². The van der Waals surface area contributed by atoms with Gasteiger partial charge in [-0.3, -0.25) is 0 Å². The Morgan fingerprint density at radius 3 is 2.56 bits per heavy atom. The van der Waals surface area contributed by atoms with Gasteiger partial charge in [0.25, 0.3) is 0 Å². The highest BCUT2D eigenvalue weighted by molar-refractivity contribution is 5.40. The van der Waals surface area contributed by atoms with Crippen molar-refractivity contribution >= 4 is 0 Å². The molecule has 0 spiro atoms. The van der Waals surface area contributed by atoms with Gasteiger partial charge in [-0.05, 0) is 43.9 Å². The van der Waals surface area contributed by atoms with Crippen molar-refractivity contribution in [2.45, 2.75) is 56.6 Å². The van der Waals surface area contributed by atoms with Crippen LogP contribution in [-0.2, 0) is 5.54 Å². The molecule has 0 unspecified atom stereocenters. The van der Waals surface area contributed by atoms with Crippen molar-refractivity contribution in [2.75, 3.05) is 0 Å². The lowest BCUT2D eigenvalue weighted by molar-refractivity contribution is 0.262. The molecule has 0 saturated heterocycles. The highest BCUT2D eigenvalue weighted by Crippen LogP contribution is 2.41. The van der Waals surface area contributed by atoms with Crippen molar-refractivity contribution in [3.8, 4) is 5.75 Å². The number of halogens is 1. The monoisotopic (exact) mass is 249 g/mol. The Bertz CT molecular complexity index is 436. The first kappa shape index (κ1) is 12.0. The largest absolute Gasteiger partial charge is 0.490 e. The van der Waals surface area contributed by atoms with Crippen LogP contribution in [0.4, 0.5) is 4.39 Å². The van der Waals surface area contributed by atoms with Crippen LogP contribution in [0.15, 0.2) is 18.2 Å². The Kier molecular flexibility index (Phi) is 3.02. The van der Waals surface area contributed by atoms with E-state index in [4.69, 9.17) is 10.5 Å². The SMILES string of the molecule is NC1(c2cc(F)ccc2OC2CC2)CCCCC1. The predicted octanol–water partition coefficient (Wildman–Crippen LogP) is 3.49. The van der Waals surface area contributed by atoms with Crippen LogP contribution in [-0.4, -0.2) is 6.10 Å². The Balaban J connectivity index is 1.93. The summed E-state index contributed by atoms with van der Waals surface area (Å²) in [4.78, 5) is 0. The molecule has 2 nitrogen and oxygen atoms in total. The highest BCUT2D eigenvalue weighted by atomic mass is 19.1. The molecule has 3 rings (SSSR count). The van der Waals surface area contributed by atoms with Crippen LogP contribution >= 0.6 is 0 Å². The maximum Gasteiger partial charge on any atom is 0.124 e. The van der Waals surface area contributed by atoms with E-state index in [1.165, 1.54) is 12.5 Å². The molecular formula is C15H20FNO. The third kappa shape index (κ3) is 2.37. The van der Waals surface area contributed by atoms with Crippen LogP contribution in [0.25, 0.3) is 0 Å². The standard InChI is InChI=1S/C15H20FNO/c16-11-4-7-14(18-12-5-6-12)13(10-11)15(17)8-2-1-3-9-15/h4,7,10,12H,1-3,5-6,8-9,17H2. The first-order valence-corrected chi connectivity index (χ1v) is 6.93. The second-order valence-electron chi connectivity index (χ2n) is 5.67. The van der Waals surface area contributed by atoms with Crippen LogP contribution in [0.3, 0.4) is 0 Å². The number of hydrogen-bond donors (Lipinski definition) is 1. The third-order valence-corrected chi connectivity index (χ3v) is 4.04. The zero-order valence-electron chi connectivity index (χ0n) is 10.6. The molecule has 1 aromatic rings. The summed E-state index contributed by atoms with van der Waals surface area (Å²) in [7, 11) is 0. The normalized spacial score (nSPS) is 22.8. The quantitative estimate of drug-likeness (QED) is 0.890. The van der Waals surface area contributed by atoms with Crippen molar-refractivity contribution < 1.29 is 9.13 Å². The molecule has 0 radical (unpaired) electrons. The Morgan fingerprint density at radius 1 is 1.17 bits per heavy atom. The molecule has 0 aromatic heterocycles. The number of rotatable bonds is 3. The van der Waals surface area contributed by atoms with Gasteiger partial charge >= 0.3 is 0 Å². The van der Waals surface area contributed by atoms with E-state index in [1.54, 1.807) is 12.1 Å². The zero-order chi connectivity index (χ0) is 12.6. The van der Waals surface area contributed by atoms with Crippen molar-refractivity contribution in [3.63, 3.8) is 0 Å². The lowest BCUT2D eigenvalue weighted by Crippen LogP contribution is -2.39. The van der Waals surface area contributed by atoms with Crippen molar-refractivity contribution in [2.24, 2.45) is 5.73 Å². The molecule has 2 aliphatic rings. The summed E-state index contributed by atoms with van der Waals surface area (Å²) < 4.78 is 19.4. The van der Waals surface area contributed by atoms with Gasteiger partial charge in [-0.15, -0.1) is 0 Å². The summed E-state index contributed by atoms with van der Waals surface area (Å²) in [5, 5.41) is 0. The number of ether oxygens (including phenoxy) is 1.